The SMILES string of the molecule is Cc1c(C(=O)N2CCSCC2CC(=O)O)nnn1-c1ccc2ncccc2c1. The van der Waals surface area contributed by atoms with E-state index < -0.39 is 5.97 Å². The topological polar surface area (TPSA) is 101 Å². The molecule has 0 saturated carbocycles. The highest BCUT2D eigenvalue weighted by atomic mass is 32.2. The average molecular weight is 397 g/mol. The zero-order valence-electron chi connectivity index (χ0n) is 15.3. The lowest BCUT2D eigenvalue weighted by Crippen LogP contribution is -2.47. The van der Waals surface area contributed by atoms with Crippen LogP contribution in [0, 0.1) is 6.92 Å². The lowest BCUT2D eigenvalue weighted by molar-refractivity contribution is -0.138. The quantitative estimate of drug-likeness (QED) is 0.720. The van der Waals surface area contributed by atoms with Gasteiger partial charge in [0.2, 0.25) is 0 Å². The van der Waals surface area contributed by atoms with Crippen LogP contribution in [0.2, 0.25) is 0 Å². The van der Waals surface area contributed by atoms with Gasteiger partial charge in [-0.1, -0.05) is 11.3 Å². The van der Waals surface area contributed by atoms with Crippen LogP contribution in [-0.4, -0.2) is 66.0 Å². The van der Waals surface area contributed by atoms with Crippen LogP contribution in [0.1, 0.15) is 22.6 Å². The third-order valence-electron chi connectivity index (χ3n) is 4.83. The number of hydrogen-bond donors (Lipinski definition) is 1. The van der Waals surface area contributed by atoms with Gasteiger partial charge in [-0.25, -0.2) is 4.68 Å². The van der Waals surface area contributed by atoms with Gasteiger partial charge in [0.05, 0.1) is 29.4 Å². The van der Waals surface area contributed by atoms with Crippen molar-refractivity contribution in [2.24, 2.45) is 0 Å². The second-order valence-corrected chi connectivity index (χ2v) is 7.79. The number of carbonyl (C=O) groups is 2. The first-order valence-electron chi connectivity index (χ1n) is 8.92. The molecule has 0 spiro atoms. The van der Waals surface area contributed by atoms with Gasteiger partial charge in [-0.05, 0) is 31.2 Å². The number of amides is 1. The van der Waals surface area contributed by atoms with Crippen molar-refractivity contribution in [1.82, 2.24) is 24.9 Å². The number of pyridine rings is 1. The number of fused-ring (bicyclic) bond motifs is 1. The molecule has 28 heavy (non-hydrogen) atoms. The summed E-state index contributed by atoms with van der Waals surface area (Å²) in [5, 5.41) is 18.4. The molecule has 1 aromatic carbocycles. The first-order valence-corrected chi connectivity index (χ1v) is 10.1. The molecule has 0 radical (unpaired) electrons. The Balaban J connectivity index is 1.65. The van der Waals surface area contributed by atoms with Crippen LogP contribution in [0.5, 0.6) is 0 Å². The molecule has 8 nitrogen and oxygen atoms in total. The molecule has 1 atom stereocenters. The minimum atomic E-state index is -0.907. The number of hydrogen-bond acceptors (Lipinski definition) is 6. The zero-order chi connectivity index (χ0) is 19.7. The first-order chi connectivity index (χ1) is 13.5. The van der Waals surface area contributed by atoms with Crippen LogP contribution < -0.4 is 0 Å². The van der Waals surface area contributed by atoms with Crippen molar-refractivity contribution in [1.29, 1.82) is 0 Å². The van der Waals surface area contributed by atoms with Crippen molar-refractivity contribution in [3.8, 4) is 5.69 Å². The molecular formula is C19H19N5O3S. The largest absolute Gasteiger partial charge is 0.481 e. The molecule has 0 bridgehead atoms. The third-order valence-corrected chi connectivity index (χ3v) is 5.92. The maximum atomic E-state index is 13.1. The number of nitrogens with zero attached hydrogens (tertiary/aromatic N) is 5. The highest BCUT2D eigenvalue weighted by Gasteiger charge is 2.32. The molecule has 1 unspecified atom stereocenters. The van der Waals surface area contributed by atoms with Crippen molar-refractivity contribution in [2.75, 3.05) is 18.1 Å². The Bertz CT molecular complexity index is 1050. The molecule has 144 valence electrons. The number of aromatic nitrogens is 4. The summed E-state index contributed by atoms with van der Waals surface area (Å²) < 4.78 is 1.63. The Kier molecular flexibility index (Phi) is 4.99. The van der Waals surface area contributed by atoms with Crippen LogP contribution in [0.3, 0.4) is 0 Å². The van der Waals surface area contributed by atoms with Gasteiger partial charge in [-0.15, -0.1) is 5.10 Å². The van der Waals surface area contributed by atoms with Gasteiger partial charge in [-0.3, -0.25) is 14.6 Å². The van der Waals surface area contributed by atoms with Crippen LogP contribution in [0.15, 0.2) is 36.5 Å². The summed E-state index contributed by atoms with van der Waals surface area (Å²) >= 11 is 1.66. The number of thioether (sulfide) groups is 1. The summed E-state index contributed by atoms with van der Waals surface area (Å²) in [4.78, 5) is 30.1. The molecule has 9 heteroatoms. The van der Waals surface area contributed by atoms with E-state index in [0.29, 0.717) is 18.0 Å². The lowest BCUT2D eigenvalue weighted by Gasteiger charge is -2.34. The summed E-state index contributed by atoms with van der Waals surface area (Å²) in [6.07, 6.45) is 1.67. The van der Waals surface area contributed by atoms with Gasteiger partial charge >= 0.3 is 5.97 Å². The monoisotopic (exact) mass is 397 g/mol. The molecule has 4 rings (SSSR count). The fraction of sp³-hybridized carbons (Fsp3) is 0.316. The van der Waals surface area contributed by atoms with Gasteiger partial charge in [0.25, 0.3) is 5.91 Å². The number of carboxylic acid groups (broad SMARTS) is 1. The number of carboxylic acids is 1. The van der Waals surface area contributed by atoms with E-state index in [1.54, 1.807) is 34.5 Å². The Morgan fingerprint density at radius 3 is 3.00 bits per heavy atom. The third kappa shape index (κ3) is 3.45. The predicted molar refractivity (Wildman–Crippen MR) is 106 cm³/mol. The summed E-state index contributed by atoms with van der Waals surface area (Å²) in [5.74, 6) is 0.225. The van der Waals surface area contributed by atoms with E-state index in [4.69, 9.17) is 5.11 Å². The van der Waals surface area contributed by atoms with Crippen LogP contribution in [-0.2, 0) is 4.79 Å². The van der Waals surface area contributed by atoms with Crippen LogP contribution in [0.4, 0.5) is 0 Å². The molecule has 0 aliphatic carbocycles. The fourth-order valence-electron chi connectivity index (χ4n) is 3.40. The first kappa shape index (κ1) is 18.4. The van der Waals surface area contributed by atoms with E-state index in [1.165, 1.54) is 0 Å². The van der Waals surface area contributed by atoms with Crippen molar-refractivity contribution >= 4 is 34.5 Å². The Labute approximate surface area is 165 Å². The molecular weight excluding hydrogens is 378 g/mol. The minimum Gasteiger partial charge on any atom is -0.481 e. The summed E-state index contributed by atoms with van der Waals surface area (Å²) in [5.41, 5.74) is 2.55. The Hall–Kier alpha value is -2.94. The van der Waals surface area contributed by atoms with Gasteiger partial charge in [-0.2, -0.15) is 11.8 Å². The molecule has 3 heterocycles. The zero-order valence-corrected chi connectivity index (χ0v) is 16.1. The van der Waals surface area contributed by atoms with Crippen molar-refractivity contribution in [3.05, 3.63) is 47.9 Å². The normalized spacial score (nSPS) is 17.0. The van der Waals surface area contributed by atoms with Crippen LogP contribution in [0.25, 0.3) is 16.6 Å². The summed E-state index contributed by atoms with van der Waals surface area (Å²) in [6, 6.07) is 9.23. The van der Waals surface area contributed by atoms with Gasteiger partial charge < -0.3 is 10.0 Å². The second-order valence-electron chi connectivity index (χ2n) is 6.64. The van der Waals surface area contributed by atoms with E-state index in [9.17, 15) is 9.59 Å². The standard InChI is InChI=1S/C19H19N5O3S/c1-12-18(19(27)23-7-8-28-11-15(23)10-17(25)26)21-22-24(12)14-4-5-16-13(9-14)3-2-6-20-16/h2-6,9,15H,7-8,10-11H2,1H3,(H,25,26). The molecule has 1 aliphatic rings. The minimum absolute atomic E-state index is 0.0659. The van der Waals surface area contributed by atoms with Crippen molar-refractivity contribution in [2.45, 2.75) is 19.4 Å². The molecule has 1 aliphatic heterocycles. The maximum absolute atomic E-state index is 13.1. The maximum Gasteiger partial charge on any atom is 0.305 e. The Morgan fingerprint density at radius 1 is 1.32 bits per heavy atom. The predicted octanol–water partition coefficient (Wildman–Crippen LogP) is 2.16. The highest BCUT2D eigenvalue weighted by molar-refractivity contribution is 7.99. The molecule has 1 saturated heterocycles. The number of benzene rings is 1. The summed E-state index contributed by atoms with van der Waals surface area (Å²) in [7, 11) is 0. The lowest BCUT2D eigenvalue weighted by atomic mass is 10.1. The molecule has 3 aromatic rings. The molecule has 1 N–H and O–H groups in total. The Morgan fingerprint density at radius 2 is 2.18 bits per heavy atom. The van der Waals surface area contributed by atoms with Gasteiger partial charge in [0.1, 0.15) is 0 Å². The number of aliphatic carboxylic acids is 1. The van der Waals surface area contributed by atoms with Crippen molar-refractivity contribution < 1.29 is 14.7 Å². The van der Waals surface area contributed by atoms with E-state index in [0.717, 1.165) is 22.3 Å². The van der Waals surface area contributed by atoms with E-state index >= 15 is 0 Å². The number of rotatable bonds is 4. The van der Waals surface area contributed by atoms with Gasteiger partial charge in [0.15, 0.2) is 5.69 Å². The van der Waals surface area contributed by atoms with E-state index in [2.05, 4.69) is 15.3 Å². The average Bonchev–Trinajstić information content (AvgIpc) is 3.08. The second kappa shape index (κ2) is 7.59. The van der Waals surface area contributed by atoms with E-state index in [-0.39, 0.29) is 24.1 Å². The van der Waals surface area contributed by atoms with Crippen molar-refractivity contribution in [3.63, 3.8) is 0 Å². The van der Waals surface area contributed by atoms with Crippen LogP contribution >= 0.6 is 11.8 Å². The molecule has 2 aromatic heterocycles. The van der Waals surface area contributed by atoms with E-state index in [1.807, 2.05) is 30.3 Å². The highest BCUT2D eigenvalue weighted by Crippen LogP contribution is 2.23. The molecule has 1 fully saturated rings. The number of carbonyl (C=O) groups excluding carboxylic acids is 1. The van der Waals surface area contributed by atoms with Gasteiger partial charge in [0, 0.05) is 29.6 Å². The smallest absolute Gasteiger partial charge is 0.305 e. The fourth-order valence-corrected chi connectivity index (χ4v) is 4.46. The summed E-state index contributed by atoms with van der Waals surface area (Å²) in [6.45, 7) is 2.31. The molecule has 1 amide bonds.